The van der Waals surface area contributed by atoms with Gasteiger partial charge in [0.25, 0.3) is 5.91 Å². The highest BCUT2D eigenvalue weighted by Crippen LogP contribution is 2.13. The molecule has 3 rings (SSSR count). The van der Waals surface area contributed by atoms with E-state index >= 15 is 0 Å². The molecule has 0 fully saturated rings. The third-order valence-corrected chi connectivity index (χ3v) is 3.70. The van der Waals surface area contributed by atoms with Crippen LogP contribution in [0.5, 0.6) is 0 Å². The van der Waals surface area contributed by atoms with E-state index in [4.69, 9.17) is 16.3 Å². The molecule has 0 bridgehead atoms. The number of H-pyrrole nitrogens is 1. The van der Waals surface area contributed by atoms with Crippen LogP contribution in [0.3, 0.4) is 0 Å². The lowest BCUT2D eigenvalue weighted by molar-refractivity contribution is 0.0466. The summed E-state index contributed by atoms with van der Waals surface area (Å²) in [7, 11) is 0. The summed E-state index contributed by atoms with van der Waals surface area (Å²) in [6, 6.07) is 17.6. The number of nitrogens with one attached hydrogen (secondary N) is 2. The van der Waals surface area contributed by atoms with Crippen molar-refractivity contribution < 1.29 is 14.3 Å². The van der Waals surface area contributed by atoms with Gasteiger partial charge < -0.3 is 15.0 Å². The number of anilines is 1. The molecule has 2 aromatic carbocycles. The van der Waals surface area contributed by atoms with E-state index in [-0.39, 0.29) is 12.5 Å². The summed E-state index contributed by atoms with van der Waals surface area (Å²) in [4.78, 5) is 26.7. The van der Waals surface area contributed by atoms with Gasteiger partial charge in [-0.1, -0.05) is 41.9 Å². The van der Waals surface area contributed by atoms with Crippen molar-refractivity contribution in [2.24, 2.45) is 0 Å². The van der Waals surface area contributed by atoms with Gasteiger partial charge in [0, 0.05) is 17.4 Å². The van der Waals surface area contributed by atoms with Gasteiger partial charge in [0.15, 0.2) is 0 Å². The molecule has 0 saturated carbocycles. The summed E-state index contributed by atoms with van der Waals surface area (Å²) in [5.41, 5.74) is 2.33. The summed E-state index contributed by atoms with van der Waals surface area (Å²) in [5.74, 6) is -0.687. The quantitative estimate of drug-likeness (QED) is 0.672. The van der Waals surface area contributed by atoms with Gasteiger partial charge in [-0.05, 0) is 35.9 Å². The Morgan fingerprint density at radius 1 is 1.04 bits per heavy atom. The number of carbonyl (C=O) groups excluding carboxylic acids is 2. The molecule has 0 spiro atoms. The average molecular weight is 355 g/mol. The van der Waals surface area contributed by atoms with E-state index < -0.39 is 5.97 Å². The zero-order valence-corrected chi connectivity index (χ0v) is 13.9. The predicted octanol–water partition coefficient (Wildman–Crippen LogP) is 4.28. The number of aromatic nitrogens is 1. The Morgan fingerprint density at radius 3 is 2.40 bits per heavy atom. The molecule has 0 unspecified atom stereocenters. The SMILES string of the molecule is O=C(Nc1ccccc1)c1ccc(COC(=O)c2cc(Cl)c[nH]2)cc1. The number of para-hydroxylation sites is 1. The van der Waals surface area contributed by atoms with E-state index in [0.717, 1.165) is 11.3 Å². The van der Waals surface area contributed by atoms with Gasteiger partial charge in [-0.3, -0.25) is 4.79 Å². The number of hydrogen-bond acceptors (Lipinski definition) is 3. The fraction of sp³-hybridized carbons (Fsp3) is 0.0526. The molecule has 25 heavy (non-hydrogen) atoms. The molecule has 0 aliphatic carbocycles. The molecular formula is C19H15ClN2O3. The van der Waals surface area contributed by atoms with Crippen molar-refractivity contribution in [3.05, 3.63) is 88.7 Å². The van der Waals surface area contributed by atoms with Crippen molar-refractivity contribution in [2.75, 3.05) is 5.32 Å². The second-order valence-corrected chi connectivity index (χ2v) is 5.76. The minimum Gasteiger partial charge on any atom is -0.456 e. The average Bonchev–Trinajstić information content (AvgIpc) is 3.07. The number of aromatic amines is 1. The van der Waals surface area contributed by atoms with Gasteiger partial charge in [0.1, 0.15) is 12.3 Å². The van der Waals surface area contributed by atoms with Crippen molar-refractivity contribution in [3.8, 4) is 0 Å². The Balaban J connectivity index is 1.56. The standard InChI is InChI=1S/C19H15ClN2O3/c20-15-10-17(21-11-15)19(24)25-12-13-6-8-14(9-7-13)18(23)22-16-4-2-1-3-5-16/h1-11,21H,12H2,(H,22,23). The third-order valence-electron chi connectivity index (χ3n) is 3.49. The monoisotopic (exact) mass is 354 g/mol. The maximum Gasteiger partial charge on any atom is 0.355 e. The van der Waals surface area contributed by atoms with Crippen LogP contribution in [0.1, 0.15) is 26.4 Å². The van der Waals surface area contributed by atoms with E-state index in [1.165, 1.54) is 12.3 Å². The Hall–Kier alpha value is -3.05. The van der Waals surface area contributed by atoms with Gasteiger partial charge in [-0.2, -0.15) is 0 Å². The van der Waals surface area contributed by atoms with Crippen LogP contribution in [0.25, 0.3) is 0 Å². The molecule has 0 radical (unpaired) electrons. The lowest BCUT2D eigenvalue weighted by atomic mass is 10.1. The summed E-state index contributed by atoms with van der Waals surface area (Å²) in [6.07, 6.45) is 1.51. The van der Waals surface area contributed by atoms with Gasteiger partial charge in [-0.25, -0.2) is 4.79 Å². The number of rotatable bonds is 5. The van der Waals surface area contributed by atoms with Crippen molar-refractivity contribution in [1.29, 1.82) is 0 Å². The largest absolute Gasteiger partial charge is 0.456 e. The fourth-order valence-electron chi connectivity index (χ4n) is 2.19. The number of hydrogen-bond donors (Lipinski definition) is 2. The Bertz CT molecular complexity index is 873. The van der Waals surface area contributed by atoms with Crippen molar-refractivity contribution in [2.45, 2.75) is 6.61 Å². The Kier molecular flexibility index (Phi) is 5.16. The first kappa shape index (κ1) is 16.8. The van der Waals surface area contributed by atoms with Crippen LogP contribution in [-0.4, -0.2) is 16.9 Å². The lowest BCUT2D eigenvalue weighted by Crippen LogP contribution is -2.12. The maximum absolute atomic E-state index is 12.2. The first-order chi connectivity index (χ1) is 12.1. The molecule has 1 aromatic heterocycles. The fourth-order valence-corrected chi connectivity index (χ4v) is 2.35. The predicted molar refractivity (Wildman–Crippen MR) is 95.8 cm³/mol. The lowest BCUT2D eigenvalue weighted by Gasteiger charge is -2.07. The zero-order valence-electron chi connectivity index (χ0n) is 13.2. The molecule has 6 heteroatoms. The smallest absolute Gasteiger partial charge is 0.355 e. The van der Waals surface area contributed by atoms with Gasteiger partial charge >= 0.3 is 5.97 Å². The van der Waals surface area contributed by atoms with Crippen LogP contribution in [0, 0.1) is 0 Å². The van der Waals surface area contributed by atoms with E-state index in [0.29, 0.717) is 16.3 Å². The zero-order chi connectivity index (χ0) is 17.6. The van der Waals surface area contributed by atoms with Crippen molar-refractivity contribution in [1.82, 2.24) is 4.98 Å². The topological polar surface area (TPSA) is 71.2 Å². The van der Waals surface area contributed by atoms with E-state index in [1.54, 1.807) is 24.3 Å². The summed E-state index contributed by atoms with van der Waals surface area (Å²) >= 11 is 5.75. The number of benzene rings is 2. The molecule has 0 atom stereocenters. The van der Waals surface area contributed by atoms with Crippen LogP contribution in [0.15, 0.2) is 66.9 Å². The molecule has 3 aromatic rings. The second kappa shape index (κ2) is 7.68. The highest BCUT2D eigenvalue weighted by atomic mass is 35.5. The summed E-state index contributed by atoms with van der Waals surface area (Å²) in [6.45, 7) is 0.107. The number of carbonyl (C=O) groups is 2. The van der Waals surface area contributed by atoms with Crippen molar-refractivity contribution >= 4 is 29.2 Å². The Morgan fingerprint density at radius 2 is 1.76 bits per heavy atom. The molecular weight excluding hydrogens is 340 g/mol. The van der Waals surface area contributed by atoms with E-state index in [1.807, 2.05) is 30.3 Å². The number of amides is 1. The van der Waals surface area contributed by atoms with E-state index in [9.17, 15) is 9.59 Å². The molecule has 0 aliphatic rings. The molecule has 0 aliphatic heterocycles. The molecule has 1 amide bonds. The molecule has 126 valence electrons. The van der Waals surface area contributed by atoms with E-state index in [2.05, 4.69) is 10.3 Å². The normalized spacial score (nSPS) is 10.3. The van der Waals surface area contributed by atoms with Crippen LogP contribution in [0.4, 0.5) is 5.69 Å². The minimum absolute atomic E-state index is 0.107. The van der Waals surface area contributed by atoms with Crippen LogP contribution >= 0.6 is 11.6 Å². The molecule has 0 saturated heterocycles. The summed E-state index contributed by atoms with van der Waals surface area (Å²) < 4.78 is 5.19. The first-order valence-corrected chi connectivity index (χ1v) is 7.96. The molecule has 5 nitrogen and oxygen atoms in total. The van der Waals surface area contributed by atoms with Crippen LogP contribution in [-0.2, 0) is 11.3 Å². The number of ether oxygens (including phenoxy) is 1. The maximum atomic E-state index is 12.2. The number of halogens is 1. The van der Waals surface area contributed by atoms with Crippen molar-refractivity contribution in [3.63, 3.8) is 0 Å². The highest BCUT2D eigenvalue weighted by Gasteiger charge is 2.10. The third kappa shape index (κ3) is 4.49. The highest BCUT2D eigenvalue weighted by molar-refractivity contribution is 6.30. The van der Waals surface area contributed by atoms with Gasteiger partial charge in [-0.15, -0.1) is 0 Å². The second-order valence-electron chi connectivity index (χ2n) is 5.32. The minimum atomic E-state index is -0.488. The van der Waals surface area contributed by atoms with Gasteiger partial charge in [0.2, 0.25) is 0 Å². The van der Waals surface area contributed by atoms with Crippen LogP contribution in [0.2, 0.25) is 5.02 Å². The molecule has 1 heterocycles. The van der Waals surface area contributed by atoms with Crippen LogP contribution < -0.4 is 5.32 Å². The first-order valence-electron chi connectivity index (χ1n) is 7.58. The number of esters is 1. The van der Waals surface area contributed by atoms with Gasteiger partial charge in [0.05, 0.1) is 5.02 Å². The Labute approximate surface area is 149 Å². The summed E-state index contributed by atoms with van der Waals surface area (Å²) in [5, 5.41) is 3.26. The molecule has 2 N–H and O–H groups in total.